The van der Waals surface area contributed by atoms with Crippen LogP contribution in [0.4, 0.5) is 0 Å². The van der Waals surface area contributed by atoms with Crippen LogP contribution in [0, 0.1) is 11.8 Å². The topological polar surface area (TPSA) is 67.8 Å². The van der Waals surface area contributed by atoms with Crippen LogP contribution in [0.15, 0.2) is 72.1 Å². The smallest absolute Gasteiger partial charge is 0.225 e. The average molecular weight is 438 g/mol. The minimum Gasteiger partial charge on any atom is -0.493 e. The number of amides is 1. The number of rotatable bonds is 10. The van der Waals surface area contributed by atoms with Crippen LogP contribution in [-0.2, 0) is 22.6 Å². The molecule has 3 aromatic rings. The highest BCUT2D eigenvalue weighted by Gasteiger charge is 2.35. The van der Waals surface area contributed by atoms with Gasteiger partial charge < -0.3 is 19.9 Å². The fourth-order valence-corrected chi connectivity index (χ4v) is 4.37. The van der Waals surface area contributed by atoms with Gasteiger partial charge in [0.2, 0.25) is 5.91 Å². The predicted molar refractivity (Wildman–Crippen MR) is 121 cm³/mol. The van der Waals surface area contributed by atoms with E-state index in [4.69, 9.17) is 9.47 Å². The summed E-state index contributed by atoms with van der Waals surface area (Å²) in [6.07, 6.45) is 0.0160. The van der Waals surface area contributed by atoms with Gasteiger partial charge in [-0.05, 0) is 34.7 Å². The Kier molecular flexibility index (Phi) is 7.35. The van der Waals surface area contributed by atoms with Gasteiger partial charge in [0.05, 0.1) is 31.8 Å². The largest absolute Gasteiger partial charge is 0.493 e. The maximum Gasteiger partial charge on any atom is 0.225 e. The number of ether oxygens (including phenoxy) is 2. The number of nitrogens with one attached hydrogen (secondary N) is 1. The Bertz CT molecular complexity index is 943. The van der Waals surface area contributed by atoms with Gasteiger partial charge in [0.1, 0.15) is 5.75 Å². The molecule has 0 saturated carbocycles. The molecule has 1 saturated heterocycles. The predicted octanol–water partition coefficient (Wildman–Crippen LogP) is 3.98. The molecule has 1 amide bonds. The quantitative estimate of drug-likeness (QED) is 0.503. The van der Waals surface area contributed by atoms with E-state index >= 15 is 0 Å². The normalized spacial score (nSPS) is 19.2. The molecule has 2 heterocycles. The Labute approximate surface area is 186 Å². The third-order valence-electron chi connectivity index (χ3n) is 5.57. The minimum absolute atomic E-state index is 0.0270. The van der Waals surface area contributed by atoms with Crippen molar-refractivity contribution in [3.63, 3.8) is 0 Å². The van der Waals surface area contributed by atoms with E-state index in [-0.39, 0.29) is 17.7 Å². The van der Waals surface area contributed by atoms with E-state index in [0.717, 1.165) is 21.8 Å². The molecule has 2 aromatic carbocycles. The molecule has 0 spiro atoms. The van der Waals surface area contributed by atoms with Gasteiger partial charge in [-0.15, -0.1) is 11.3 Å². The number of aliphatic hydroxyl groups excluding tert-OH is 1. The summed E-state index contributed by atoms with van der Waals surface area (Å²) in [7, 11) is 0. The standard InChI is InChI=1S/C25H27NO4S/c27-24(13-18-5-2-1-3-6-18)19-8-10-21(11-9-19)30-15-20-14-26-25(28)23(20)17-29-16-22-7-4-12-31-22/h1-12,20,23-24,27H,13-17H2,(H,26,28)/t20-,23-,24?/m1/s1. The molecule has 4 rings (SSSR count). The lowest BCUT2D eigenvalue weighted by Crippen LogP contribution is -2.27. The van der Waals surface area contributed by atoms with Crippen molar-refractivity contribution in [2.75, 3.05) is 19.8 Å². The number of benzene rings is 2. The maximum absolute atomic E-state index is 12.2. The lowest BCUT2D eigenvalue weighted by atomic mass is 9.97. The first-order valence-electron chi connectivity index (χ1n) is 10.5. The Morgan fingerprint density at radius 3 is 2.58 bits per heavy atom. The summed E-state index contributed by atoms with van der Waals surface area (Å²) in [5, 5.41) is 15.4. The van der Waals surface area contributed by atoms with Crippen LogP contribution >= 0.6 is 11.3 Å². The number of carbonyl (C=O) groups is 1. The molecule has 1 unspecified atom stereocenters. The summed E-state index contributed by atoms with van der Waals surface area (Å²) in [6, 6.07) is 21.5. The summed E-state index contributed by atoms with van der Waals surface area (Å²) < 4.78 is 11.7. The molecule has 6 heteroatoms. The molecule has 1 fully saturated rings. The van der Waals surface area contributed by atoms with E-state index in [2.05, 4.69) is 5.32 Å². The number of carbonyl (C=O) groups excluding carboxylic acids is 1. The molecule has 5 nitrogen and oxygen atoms in total. The number of aliphatic hydroxyl groups is 1. The first-order chi connectivity index (χ1) is 15.2. The van der Waals surface area contributed by atoms with Gasteiger partial charge in [-0.1, -0.05) is 48.5 Å². The zero-order chi connectivity index (χ0) is 21.5. The van der Waals surface area contributed by atoms with E-state index in [1.165, 1.54) is 0 Å². The SMILES string of the molecule is O=C1NC[C@H](COc2ccc(C(O)Cc3ccccc3)cc2)[C@H]1COCc1cccs1. The second kappa shape index (κ2) is 10.6. The van der Waals surface area contributed by atoms with Crippen molar-refractivity contribution in [3.05, 3.63) is 88.1 Å². The lowest BCUT2D eigenvalue weighted by Gasteiger charge is -2.18. The van der Waals surface area contributed by atoms with E-state index < -0.39 is 6.10 Å². The summed E-state index contributed by atoms with van der Waals surface area (Å²) in [5.74, 6) is 0.624. The molecular formula is C25H27NO4S. The van der Waals surface area contributed by atoms with Gasteiger partial charge >= 0.3 is 0 Å². The highest BCUT2D eigenvalue weighted by atomic mass is 32.1. The molecular weight excluding hydrogens is 410 g/mol. The highest BCUT2D eigenvalue weighted by Crippen LogP contribution is 2.24. The first kappa shape index (κ1) is 21.6. The minimum atomic E-state index is -0.557. The first-order valence-corrected chi connectivity index (χ1v) is 11.4. The zero-order valence-electron chi connectivity index (χ0n) is 17.3. The number of hydrogen-bond donors (Lipinski definition) is 2. The van der Waals surface area contributed by atoms with Crippen molar-refractivity contribution in [1.29, 1.82) is 0 Å². The van der Waals surface area contributed by atoms with Crippen molar-refractivity contribution < 1.29 is 19.4 Å². The van der Waals surface area contributed by atoms with Gasteiger partial charge in [0, 0.05) is 23.8 Å². The van der Waals surface area contributed by atoms with Gasteiger partial charge in [-0.25, -0.2) is 0 Å². The molecule has 0 bridgehead atoms. The second-order valence-electron chi connectivity index (χ2n) is 7.79. The van der Waals surface area contributed by atoms with Crippen LogP contribution in [0.2, 0.25) is 0 Å². The molecule has 31 heavy (non-hydrogen) atoms. The number of thiophene rings is 1. The Hall–Kier alpha value is -2.67. The average Bonchev–Trinajstić information content (AvgIpc) is 3.44. The third-order valence-corrected chi connectivity index (χ3v) is 6.42. The maximum atomic E-state index is 12.2. The Balaban J connectivity index is 1.26. The van der Waals surface area contributed by atoms with E-state index in [0.29, 0.717) is 32.8 Å². The summed E-state index contributed by atoms with van der Waals surface area (Å²) in [6.45, 7) is 1.96. The molecule has 3 atom stereocenters. The molecule has 2 N–H and O–H groups in total. The molecule has 1 aliphatic heterocycles. The monoisotopic (exact) mass is 437 g/mol. The van der Waals surface area contributed by atoms with Crippen molar-refractivity contribution in [3.8, 4) is 5.75 Å². The third kappa shape index (κ3) is 5.94. The van der Waals surface area contributed by atoms with E-state index in [1.807, 2.05) is 72.1 Å². The van der Waals surface area contributed by atoms with E-state index in [1.54, 1.807) is 11.3 Å². The second-order valence-corrected chi connectivity index (χ2v) is 8.82. The summed E-state index contributed by atoms with van der Waals surface area (Å²) in [5.41, 5.74) is 1.95. The van der Waals surface area contributed by atoms with E-state index in [9.17, 15) is 9.90 Å². The van der Waals surface area contributed by atoms with Crippen LogP contribution in [0.5, 0.6) is 5.75 Å². The van der Waals surface area contributed by atoms with Crippen LogP contribution in [0.1, 0.15) is 22.1 Å². The van der Waals surface area contributed by atoms with Crippen molar-refractivity contribution in [2.45, 2.75) is 19.1 Å². The molecule has 162 valence electrons. The van der Waals surface area contributed by atoms with Gasteiger partial charge in [0.25, 0.3) is 0 Å². The fraction of sp³-hybridized carbons (Fsp3) is 0.320. The van der Waals surface area contributed by atoms with Crippen LogP contribution in [0.3, 0.4) is 0 Å². The zero-order valence-corrected chi connectivity index (χ0v) is 18.1. The van der Waals surface area contributed by atoms with Gasteiger partial charge in [-0.2, -0.15) is 0 Å². The summed E-state index contributed by atoms with van der Waals surface area (Å²) >= 11 is 1.65. The highest BCUT2D eigenvalue weighted by molar-refractivity contribution is 7.09. The van der Waals surface area contributed by atoms with Crippen molar-refractivity contribution in [1.82, 2.24) is 5.32 Å². The molecule has 1 aromatic heterocycles. The molecule has 0 radical (unpaired) electrons. The molecule has 0 aliphatic carbocycles. The lowest BCUT2D eigenvalue weighted by molar-refractivity contribution is -0.125. The van der Waals surface area contributed by atoms with Crippen molar-refractivity contribution in [2.24, 2.45) is 11.8 Å². The molecule has 1 aliphatic rings. The van der Waals surface area contributed by atoms with Crippen LogP contribution < -0.4 is 10.1 Å². The van der Waals surface area contributed by atoms with Crippen LogP contribution in [-0.4, -0.2) is 30.8 Å². The number of hydrogen-bond acceptors (Lipinski definition) is 5. The fourth-order valence-electron chi connectivity index (χ4n) is 3.73. The van der Waals surface area contributed by atoms with Gasteiger partial charge in [0.15, 0.2) is 0 Å². The summed E-state index contributed by atoms with van der Waals surface area (Å²) in [4.78, 5) is 13.3. The van der Waals surface area contributed by atoms with Crippen LogP contribution in [0.25, 0.3) is 0 Å². The van der Waals surface area contributed by atoms with Gasteiger partial charge in [-0.3, -0.25) is 4.79 Å². The Morgan fingerprint density at radius 2 is 1.84 bits per heavy atom. The van der Waals surface area contributed by atoms with Crippen molar-refractivity contribution >= 4 is 17.2 Å². The Morgan fingerprint density at radius 1 is 1.03 bits per heavy atom.